The molecule has 5 nitrogen and oxygen atoms in total. The van der Waals surface area contributed by atoms with E-state index in [1.54, 1.807) is 26.4 Å². The predicted octanol–water partition coefficient (Wildman–Crippen LogP) is 3.38. The van der Waals surface area contributed by atoms with Crippen LogP contribution in [0.2, 0.25) is 0 Å². The van der Waals surface area contributed by atoms with Crippen LogP contribution in [-0.4, -0.2) is 26.2 Å². The minimum atomic E-state index is -0.118. The van der Waals surface area contributed by atoms with Crippen LogP contribution in [0.3, 0.4) is 0 Å². The van der Waals surface area contributed by atoms with Crippen molar-refractivity contribution in [3.8, 4) is 11.5 Å². The van der Waals surface area contributed by atoms with Crippen LogP contribution in [0.1, 0.15) is 28.4 Å². The number of nitrogens with two attached hydrogens (primary N) is 1. The van der Waals surface area contributed by atoms with E-state index in [9.17, 15) is 4.79 Å². The van der Waals surface area contributed by atoms with Crippen molar-refractivity contribution in [1.82, 2.24) is 5.32 Å². The summed E-state index contributed by atoms with van der Waals surface area (Å²) in [7, 11) is 3.21. The standard InChI is InChI=1S/C19H24N2O3.ClH/c1-12-5-7-15(20)11-16(12)19(22)21-13(2)9-14-6-8-17(23-3)18(10-14)24-4;/h5-8,10-11,13H,9,20H2,1-4H3,(H,21,22);1H. The van der Waals surface area contributed by atoms with Gasteiger partial charge in [0.05, 0.1) is 14.2 Å². The van der Waals surface area contributed by atoms with E-state index >= 15 is 0 Å². The van der Waals surface area contributed by atoms with Gasteiger partial charge in [-0.05, 0) is 55.7 Å². The van der Waals surface area contributed by atoms with Crippen molar-refractivity contribution < 1.29 is 14.3 Å². The highest BCUT2D eigenvalue weighted by Crippen LogP contribution is 2.28. The summed E-state index contributed by atoms with van der Waals surface area (Å²) in [6, 6.07) is 11.1. The summed E-state index contributed by atoms with van der Waals surface area (Å²) < 4.78 is 10.5. The number of anilines is 1. The molecule has 1 amide bonds. The number of nitrogen functional groups attached to an aromatic ring is 1. The molecule has 0 bridgehead atoms. The highest BCUT2D eigenvalue weighted by atomic mass is 35.5. The first-order valence-electron chi connectivity index (χ1n) is 7.82. The Morgan fingerprint density at radius 3 is 2.44 bits per heavy atom. The number of carbonyl (C=O) groups excluding carboxylic acids is 1. The molecule has 0 radical (unpaired) electrons. The van der Waals surface area contributed by atoms with Gasteiger partial charge in [0.15, 0.2) is 11.5 Å². The van der Waals surface area contributed by atoms with Crippen LogP contribution >= 0.6 is 12.4 Å². The molecule has 0 aliphatic heterocycles. The van der Waals surface area contributed by atoms with Crippen molar-refractivity contribution in [3.05, 3.63) is 53.1 Å². The summed E-state index contributed by atoms with van der Waals surface area (Å²) in [6.45, 7) is 3.86. The number of methoxy groups -OCH3 is 2. The van der Waals surface area contributed by atoms with E-state index in [1.165, 1.54) is 0 Å². The number of halogens is 1. The molecular weight excluding hydrogens is 340 g/mol. The number of rotatable bonds is 6. The first kappa shape index (κ1) is 20.6. The molecule has 0 spiro atoms. The maximum absolute atomic E-state index is 12.4. The molecule has 25 heavy (non-hydrogen) atoms. The Bertz CT molecular complexity index is 735. The highest BCUT2D eigenvalue weighted by molar-refractivity contribution is 5.96. The quantitative estimate of drug-likeness (QED) is 0.771. The Hall–Kier alpha value is -2.40. The van der Waals surface area contributed by atoms with Gasteiger partial charge < -0.3 is 20.5 Å². The van der Waals surface area contributed by atoms with Crippen molar-refractivity contribution in [1.29, 1.82) is 0 Å². The van der Waals surface area contributed by atoms with E-state index < -0.39 is 0 Å². The van der Waals surface area contributed by atoms with E-state index in [1.807, 2.05) is 38.1 Å². The molecule has 0 heterocycles. The summed E-state index contributed by atoms with van der Waals surface area (Å²) >= 11 is 0. The third kappa shape index (κ3) is 5.29. The number of ether oxygens (including phenoxy) is 2. The number of amides is 1. The monoisotopic (exact) mass is 364 g/mol. The Morgan fingerprint density at radius 1 is 1.12 bits per heavy atom. The van der Waals surface area contributed by atoms with Gasteiger partial charge in [0.2, 0.25) is 0 Å². The van der Waals surface area contributed by atoms with Crippen molar-refractivity contribution in [3.63, 3.8) is 0 Å². The number of carbonyl (C=O) groups is 1. The molecule has 0 aromatic heterocycles. The fourth-order valence-electron chi connectivity index (χ4n) is 2.60. The number of hydrogen-bond acceptors (Lipinski definition) is 4. The van der Waals surface area contributed by atoms with Crippen LogP contribution in [0.15, 0.2) is 36.4 Å². The third-order valence-corrected chi connectivity index (χ3v) is 3.87. The second-order valence-electron chi connectivity index (χ2n) is 5.84. The molecule has 1 atom stereocenters. The molecule has 3 N–H and O–H groups in total. The predicted molar refractivity (Wildman–Crippen MR) is 103 cm³/mol. The zero-order valence-corrected chi connectivity index (χ0v) is 15.8. The van der Waals surface area contributed by atoms with E-state index in [0.29, 0.717) is 29.2 Å². The number of hydrogen-bond donors (Lipinski definition) is 2. The molecule has 2 rings (SSSR count). The molecule has 0 saturated carbocycles. The van der Waals surface area contributed by atoms with Gasteiger partial charge in [-0.2, -0.15) is 0 Å². The minimum Gasteiger partial charge on any atom is -0.493 e. The largest absolute Gasteiger partial charge is 0.493 e. The van der Waals surface area contributed by atoms with Crippen LogP contribution < -0.4 is 20.5 Å². The van der Waals surface area contributed by atoms with Gasteiger partial charge in [0.25, 0.3) is 5.91 Å². The summed E-state index contributed by atoms with van der Waals surface area (Å²) in [5.74, 6) is 1.25. The van der Waals surface area contributed by atoms with E-state index in [4.69, 9.17) is 15.2 Å². The first-order valence-corrected chi connectivity index (χ1v) is 7.82. The average molecular weight is 365 g/mol. The third-order valence-electron chi connectivity index (χ3n) is 3.87. The van der Waals surface area contributed by atoms with Crippen molar-refractivity contribution >= 4 is 24.0 Å². The van der Waals surface area contributed by atoms with Crippen LogP contribution in [0.25, 0.3) is 0 Å². The second-order valence-corrected chi connectivity index (χ2v) is 5.84. The lowest BCUT2D eigenvalue weighted by atomic mass is 10.0. The Morgan fingerprint density at radius 2 is 1.80 bits per heavy atom. The topological polar surface area (TPSA) is 73.6 Å². The molecule has 1 unspecified atom stereocenters. The van der Waals surface area contributed by atoms with Crippen LogP contribution in [0.5, 0.6) is 11.5 Å². The van der Waals surface area contributed by atoms with Crippen molar-refractivity contribution in [2.24, 2.45) is 0 Å². The molecule has 0 fully saturated rings. The lowest BCUT2D eigenvalue weighted by Crippen LogP contribution is -2.34. The van der Waals surface area contributed by atoms with Gasteiger partial charge in [-0.25, -0.2) is 0 Å². The summed E-state index contributed by atoms with van der Waals surface area (Å²) in [5, 5.41) is 3.01. The van der Waals surface area contributed by atoms with Crippen molar-refractivity contribution in [2.45, 2.75) is 26.3 Å². The van der Waals surface area contributed by atoms with E-state index in [-0.39, 0.29) is 24.4 Å². The normalized spacial score (nSPS) is 11.2. The number of nitrogens with one attached hydrogen (secondary N) is 1. The van der Waals surface area contributed by atoms with E-state index in [0.717, 1.165) is 11.1 Å². The van der Waals surface area contributed by atoms with Crippen LogP contribution in [0.4, 0.5) is 5.69 Å². The SMILES string of the molecule is COc1ccc(CC(C)NC(=O)c2cc(N)ccc2C)cc1OC.Cl. The molecule has 0 aliphatic carbocycles. The maximum Gasteiger partial charge on any atom is 0.251 e. The van der Waals surface area contributed by atoms with Gasteiger partial charge >= 0.3 is 0 Å². The fraction of sp³-hybridized carbons (Fsp3) is 0.316. The molecular formula is C19H25ClN2O3. The Balaban J connectivity index is 0.00000312. The Kier molecular flexibility index (Phi) is 7.58. The fourth-order valence-corrected chi connectivity index (χ4v) is 2.60. The molecule has 136 valence electrons. The van der Waals surface area contributed by atoms with Gasteiger partial charge in [-0.15, -0.1) is 12.4 Å². The maximum atomic E-state index is 12.4. The molecule has 2 aromatic carbocycles. The van der Waals surface area contributed by atoms with Gasteiger partial charge in [0.1, 0.15) is 0 Å². The number of benzene rings is 2. The van der Waals surface area contributed by atoms with Crippen LogP contribution in [-0.2, 0) is 6.42 Å². The number of aryl methyl sites for hydroxylation is 1. The smallest absolute Gasteiger partial charge is 0.251 e. The zero-order chi connectivity index (χ0) is 17.7. The Labute approximate surface area is 154 Å². The van der Waals surface area contributed by atoms with Crippen molar-refractivity contribution in [2.75, 3.05) is 20.0 Å². The second kappa shape index (κ2) is 9.18. The first-order chi connectivity index (χ1) is 11.4. The molecule has 6 heteroatoms. The minimum absolute atomic E-state index is 0. The lowest BCUT2D eigenvalue weighted by Gasteiger charge is -2.16. The summed E-state index contributed by atoms with van der Waals surface area (Å²) in [4.78, 5) is 12.4. The highest BCUT2D eigenvalue weighted by Gasteiger charge is 2.14. The van der Waals surface area contributed by atoms with Gasteiger partial charge in [-0.1, -0.05) is 12.1 Å². The summed E-state index contributed by atoms with van der Waals surface area (Å²) in [5.41, 5.74) is 8.92. The average Bonchev–Trinajstić information content (AvgIpc) is 2.56. The summed E-state index contributed by atoms with van der Waals surface area (Å²) in [6.07, 6.45) is 0.688. The zero-order valence-electron chi connectivity index (χ0n) is 15.0. The van der Waals surface area contributed by atoms with Gasteiger partial charge in [0, 0.05) is 17.3 Å². The molecule has 0 saturated heterocycles. The molecule has 2 aromatic rings. The molecule has 0 aliphatic rings. The van der Waals surface area contributed by atoms with Crippen LogP contribution in [0, 0.1) is 6.92 Å². The van der Waals surface area contributed by atoms with E-state index in [2.05, 4.69) is 5.32 Å². The van der Waals surface area contributed by atoms with Gasteiger partial charge in [-0.3, -0.25) is 4.79 Å². The lowest BCUT2D eigenvalue weighted by molar-refractivity contribution is 0.0939.